The molecule has 0 saturated carbocycles. The Morgan fingerprint density at radius 1 is 1.34 bits per heavy atom. The Hall–Kier alpha value is -3.51. The van der Waals surface area contributed by atoms with Gasteiger partial charge < -0.3 is 24.8 Å². The number of methoxy groups -OCH3 is 2. The topological polar surface area (TPSA) is 112 Å². The minimum atomic E-state index is -0.997. The van der Waals surface area contributed by atoms with Gasteiger partial charge in [-0.3, -0.25) is 4.79 Å². The molecule has 9 heteroatoms. The van der Waals surface area contributed by atoms with Crippen LogP contribution in [0.25, 0.3) is 6.08 Å². The van der Waals surface area contributed by atoms with Crippen LogP contribution in [0, 0.1) is 11.3 Å². The van der Waals surface area contributed by atoms with Crippen molar-refractivity contribution >= 4 is 34.4 Å². The molecule has 2 aromatic rings. The number of carbonyl (C=O) groups is 2. The zero-order chi connectivity index (χ0) is 21.0. The SMILES string of the molecule is COc1cccc(C=CC(=O)Nc2sc3c(c2C#N)CCN(C(=O)O)C3)c1OC. The van der Waals surface area contributed by atoms with Gasteiger partial charge in [-0.15, -0.1) is 11.3 Å². The second-order valence-electron chi connectivity index (χ2n) is 6.18. The van der Waals surface area contributed by atoms with Crippen molar-refractivity contribution in [2.75, 3.05) is 26.1 Å². The number of nitrogens with one attached hydrogen (secondary N) is 1. The van der Waals surface area contributed by atoms with Crippen LogP contribution < -0.4 is 14.8 Å². The molecule has 8 nitrogen and oxygen atoms in total. The van der Waals surface area contributed by atoms with E-state index in [1.165, 1.54) is 36.5 Å². The molecule has 0 atom stereocenters. The lowest BCUT2D eigenvalue weighted by Gasteiger charge is -2.23. The van der Waals surface area contributed by atoms with E-state index in [1.54, 1.807) is 24.3 Å². The van der Waals surface area contributed by atoms with E-state index >= 15 is 0 Å². The highest BCUT2D eigenvalue weighted by Crippen LogP contribution is 2.37. The van der Waals surface area contributed by atoms with E-state index in [0.29, 0.717) is 40.6 Å². The normalized spacial score (nSPS) is 12.9. The Kier molecular flexibility index (Phi) is 6.04. The lowest BCUT2D eigenvalue weighted by molar-refractivity contribution is -0.111. The number of ether oxygens (including phenoxy) is 2. The molecule has 29 heavy (non-hydrogen) atoms. The number of para-hydroxylation sites is 1. The highest BCUT2D eigenvalue weighted by Gasteiger charge is 2.27. The predicted octanol–water partition coefficient (Wildman–Crippen LogP) is 3.32. The fraction of sp³-hybridized carbons (Fsp3) is 0.250. The van der Waals surface area contributed by atoms with Gasteiger partial charge in [0.1, 0.15) is 11.1 Å². The summed E-state index contributed by atoms with van der Waals surface area (Å²) in [6.45, 7) is 0.549. The molecule has 0 fully saturated rings. The number of rotatable bonds is 5. The first kappa shape index (κ1) is 20.2. The highest BCUT2D eigenvalue weighted by molar-refractivity contribution is 7.16. The molecule has 0 saturated heterocycles. The van der Waals surface area contributed by atoms with Gasteiger partial charge >= 0.3 is 6.09 Å². The summed E-state index contributed by atoms with van der Waals surface area (Å²) in [5, 5.41) is 21.8. The van der Waals surface area contributed by atoms with Crippen LogP contribution in [0.4, 0.5) is 9.80 Å². The number of fused-ring (bicyclic) bond motifs is 1. The first-order valence-electron chi connectivity index (χ1n) is 8.71. The van der Waals surface area contributed by atoms with Crippen LogP contribution in [0.1, 0.15) is 21.6 Å². The third kappa shape index (κ3) is 4.17. The van der Waals surface area contributed by atoms with Crippen LogP contribution in [-0.4, -0.2) is 42.8 Å². The smallest absolute Gasteiger partial charge is 0.407 e. The number of hydrogen-bond acceptors (Lipinski definition) is 6. The fourth-order valence-corrected chi connectivity index (χ4v) is 4.35. The van der Waals surface area contributed by atoms with E-state index in [9.17, 15) is 14.9 Å². The summed E-state index contributed by atoms with van der Waals surface area (Å²) in [4.78, 5) is 25.7. The van der Waals surface area contributed by atoms with Crippen molar-refractivity contribution in [3.05, 3.63) is 45.8 Å². The number of nitriles is 1. The van der Waals surface area contributed by atoms with E-state index in [2.05, 4.69) is 11.4 Å². The summed E-state index contributed by atoms with van der Waals surface area (Å²) < 4.78 is 10.6. The lowest BCUT2D eigenvalue weighted by atomic mass is 10.0. The van der Waals surface area contributed by atoms with Crippen LogP contribution in [0.2, 0.25) is 0 Å². The number of anilines is 1. The monoisotopic (exact) mass is 413 g/mol. The second-order valence-corrected chi connectivity index (χ2v) is 7.28. The van der Waals surface area contributed by atoms with Crippen LogP contribution in [0.3, 0.4) is 0 Å². The third-order valence-corrected chi connectivity index (χ3v) is 5.66. The number of carboxylic acid groups (broad SMARTS) is 1. The van der Waals surface area contributed by atoms with Crippen molar-refractivity contribution in [1.29, 1.82) is 5.26 Å². The molecule has 0 spiro atoms. The minimum absolute atomic E-state index is 0.219. The van der Waals surface area contributed by atoms with Gasteiger partial charge in [0.25, 0.3) is 0 Å². The average Bonchev–Trinajstić information content (AvgIpc) is 3.07. The van der Waals surface area contributed by atoms with Gasteiger partial charge in [-0.2, -0.15) is 5.26 Å². The zero-order valence-electron chi connectivity index (χ0n) is 15.9. The maximum Gasteiger partial charge on any atom is 0.407 e. The maximum absolute atomic E-state index is 12.4. The molecule has 1 aromatic heterocycles. The first-order valence-corrected chi connectivity index (χ1v) is 9.52. The summed E-state index contributed by atoms with van der Waals surface area (Å²) >= 11 is 1.23. The van der Waals surface area contributed by atoms with Crippen molar-refractivity contribution in [2.24, 2.45) is 0 Å². The molecule has 0 unspecified atom stereocenters. The molecule has 2 N–H and O–H groups in total. The van der Waals surface area contributed by atoms with E-state index in [0.717, 1.165) is 10.4 Å². The van der Waals surface area contributed by atoms with Gasteiger partial charge in [0.05, 0.1) is 26.3 Å². The molecule has 1 aliphatic rings. The van der Waals surface area contributed by atoms with Gasteiger partial charge in [-0.1, -0.05) is 12.1 Å². The van der Waals surface area contributed by atoms with Gasteiger partial charge in [-0.05, 0) is 24.1 Å². The quantitative estimate of drug-likeness (QED) is 0.727. The summed E-state index contributed by atoms with van der Waals surface area (Å²) in [5.41, 5.74) is 1.88. The summed E-state index contributed by atoms with van der Waals surface area (Å²) in [5.74, 6) is 0.660. The average molecular weight is 413 g/mol. The number of thiophene rings is 1. The van der Waals surface area contributed by atoms with E-state index < -0.39 is 12.0 Å². The molecular formula is C20H19N3O5S. The highest BCUT2D eigenvalue weighted by atomic mass is 32.1. The van der Waals surface area contributed by atoms with Crippen molar-refractivity contribution in [3.8, 4) is 17.6 Å². The Morgan fingerprint density at radius 2 is 2.14 bits per heavy atom. The number of nitrogens with zero attached hydrogens (tertiary/aromatic N) is 2. The van der Waals surface area contributed by atoms with Gasteiger partial charge in [-0.25, -0.2) is 4.79 Å². The van der Waals surface area contributed by atoms with Crippen molar-refractivity contribution in [3.63, 3.8) is 0 Å². The van der Waals surface area contributed by atoms with E-state index in [4.69, 9.17) is 14.6 Å². The molecule has 0 aliphatic carbocycles. The van der Waals surface area contributed by atoms with Crippen molar-refractivity contribution < 1.29 is 24.2 Å². The van der Waals surface area contributed by atoms with E-state index in [-0.39, 0.29) is 6.54 Å². The molecule has 0 bridgehead atoms. The second kappa shape index (κ2) is 8.67. The van der Waals surface area contributed by atoms with Crippen molar-refractivity contribution in [2.45, 2.75) is 13.0 Å². The zero-order valence-corrected chi connectivity index (χ0v) is 16.7. The predicted molar refractivity (Wildman–Crippen MR) is 108 cm³/mol. The number of hydrogen-bond donors (Lipinski definition) is 2. The van der Waals surface area contributed by atoms with Gasteiger partial charge in [0.15, 0.2) is 11.5 Å². The fourth-order valence-electron chi connectivity index (χ4n) is 3.14. The van der Waals surface area contributed by atoms with Gasteiger partial charge in [0.2, 0.25) is 5.91 Å². The number of amides is 2. The summed E-state index contributed by atoms with van der Waals surface area (Å²) in [6.07, 6.45) is 2.40. The van der Waals surface area contributed by atoms with Crippen LogP contribution in [0.5, 0.6) is 11.5 Å². The summed E-state index contributed by atoms with van der Waals surface area (Å²) in [6, 6.07) is 7.46. The Bertz CT molecular complexity index is 1020. The standard InChI is InChI=1S/C20H19N3O5S/c1-27-15-5-3-4-12(18(15)28-2)6-7-17(24)22-19-14(10-21)13-8-9-23(20(25)26)11-16(13)29-19/h3-7H,8-9,11H2,1-2H3,(H,22,24)(H,25,26). The summed E-state index contributed by atoms with van der Waals surface area (Å²) in [7, 11) is 3.05. The minimum Gasteiger partial charge on any atom is -0.493 e. The number of benzene rings is 1. The van der Waals surface area contributed by atoms with Crippen LogP contribution in [0.15, 0.2) is 24.3 Å². The molecule has 0 radical (unpaired) electrons. The van der Waals surface area contributed by atoms with Crippen molar-refractivity contribution in [1.82, 2.24) is 4.90 Å². The largest absolute Gasteiger partial charge is 0.493 e. The van der Waals surface area contributed by atoms with Crippen LogP contribution in [-0.2, 0) is 17.8 Å². The Balaban J connectivity index is 1.79. The van der Waals surface area contributed by atoms with Crippen LogP contribution >= 0.6 is 11.3 Å². The third-order valence-electron chi connectivity index (χ3n) is 4.52. The maximum atomic E-state index is 12.4. The number of carbonyl (C=O) groups excluding carboxylic acids is 1. The molecule has 2 amide bonds. The first-order chi connectivity index (χ1) is 14.0. The molecular weight excluding hydrogens is 394 g/mol. The molecule has 1 aromatic carbocycles. The molecule has 3 rings (SSSR count). The molecule has 1 aliphatic heterocycles. The van der Waals surface area contributed by atoms with E-state index in [1.807, 2.05) is 0 Å². The lowest BCUT2D eigenvalue weighted by Crippen LogP contribution is -2.34. The molecule has 150 valence electrons. The molecule has 2 heterocycles. The Labute approximate surface area is 171 Å². The van der Waals surface area contributed by atoms with Gasteiger partial charge in [0, 0.05) is 23.1 Å². The Morgan fingerprint density at radius 3 is 2.79 bits per heavy atom.